The number of thioether (sulfide) groups is 1. The SMILES string of the molecule is CC([P+](C)=O)[P+](C)=O.CS(=O)(=O)c1ccccc1CC(=O)O.CSc1ccccc1CC(=O)O.O=C(Cc1ccccc1S(=O)(=O)c1ccc(Oc2ccccc2)cc1)NO.O=Cc1ccccc1F.O=Cc1ccccc1Sc1ccc(Oc2ccccc2)cc1. The van der Waals surface area contributed by atoms with Crippen LogP contribution in [0.2, 0.25) is 0 Å². The summed E-state index contributed by atoms with van der Waals surface area (Å²) in [6.07, 6.45) is 3.97. The monoisotopic (exact) mass is 1360 g/mol. The number of benzene rings is 9. The molecule has 0 aliphatic heterocycles. The average Bonchev–Trinajstić information content (AvgIpc) is 0.890. The van der Waals surface area contributed by atoms with Crippen molar-refractivity contribution in [2.45, 2.75) is 61.0 Å². The zero-order chi connectivity index (χ0) is 67.6. The number of hydrogen-bond donors (Lipinski definition) is 4. The van der Waals surface area contributed by atoms with Gasteiger partial charge in [-0.05, 0) is 132 Å². The fourth-order valence-corrected chi connectivity index (χ4v) is 13.3. The highest BCUT2D eigenvalue weighted by Gasteiger charge is 2.34. The van der Waals surface area contributed by atoms with Gasteiger partial charge in [0.1, 0.15) is 42.1 Å². The summed E-state index contributed by atoms with van der Waals surface area (Å²) in [4.78, 5) is 56.6. The molecule has 0 radical (unpaired) electrons. The van der Waals surface area contributed by atoms with Crippen LogP contribution in [0.5, 0.6) is 23.0 Å². The van der Waals surface area contributed by atoms with E-state index in [1.54, 1.807) is 104 Å². The standard InChI is InChI=1S/C20H17NO5S.C19H14O2S.C9H10O4S.C9H10O2S.C7H5FO.C4H10O2P2/c22-20(21-23)14-15-6-4-5-9-19(15)27(24,25)18-12-10-17(11-13-18)26-16-7-2-1-3-8-16;20-14-15-6-4-5-9-19(15)22-18-12-10-17(11-13-18)21-16-7-2-1-3-8-16;1-14(12,13)8-5-3-2-4-7(8)6-9(10)11;1-12-8-5-3-2-4-7(8)6-9(10)11;8-7-4-2-1-3-6(7)5-9;1-4(7(2)5)8(3)6/h1-13,23H,14H2,(H,21,22);1-14H;2-5H,6H2,1H3,(H,10,11);2-5H,6H2,1H3,(H,10,11);1-5H;4H,1-3H3/q;;;;;+2. The quantitative estimate of drug-likeness (QED) is 0.0181. The van der Waals surface area contributed by atoms with Gasteiger partial charge in [0.05, 0.1) is 39.5 Å². The molecule has 0 fully saturated rings. The van der Waals surface area contributed by atoms with Gasteiger partial charge in [-0.2, -0.15) is 0 Å². The number of aldehydes is 2. The van der Waals surface area contributed by atoms with Crippen LogP contribution in [-0.2, 0) is 62.5 Å². The van der Waals surface area contributed by atoms with Gasteiger partial charge < -0.3 is 19.7 Å². The van der Waals surface area contributed by atoms with Crippen LogP contribution in [0.4, 0.5) is 4.39 Å². The number of carbonyl (C=O) groups excluding carboxylic acids is 3. The Morgan fingerprint density at radius 3 is 1.35 bits per heavy atom. The summed E-state index contributed by atoms with van der Waals surface area (Å²) in [6, 6.07) is 66.0. The van der Waals surface area contributed by atoms with E-state index in [2.05, 4.69) is 0 Å². The Labute approximate surface area is 544 Å². The maximum Gasteiger partial charge on any atom is 0.389 e. The number of para-hydroxylation sites is 2. The van der Waals surface area contributed by atoms with Crippen molar-refractivity contribution >= 4 is 89.2 Å². The topological polar surface area (TPSA) is 279 Å². The molecular formula is C68H66FNO16P2S4+2. The first-order valence-corrected chi connectivity index (χ1v) is 36.3. The number of sulfone groups is 2. The lowest BCUT2D eigenvalue weighted by atomic mass is 10.1. The number of amides is 1. The van der Waals surface area contributed by atoms with Crippen molar-refractivity contribution in [1.29, 1.82) is 0 Å². The Hall–Kier alpha value is -8.98. The molecule has 24 heteroatoms. The fourth-order valence-electron chi connectivity index (χ4n) is 7.55. The molecule has 9 rings (SSSR count). The van der Waals surface area contributed by atoms with Gasteiger partial charge in [-0.3, -0.25) is 29.2 Å². The Balaban J connectivity index is 0.000000249. The van der Waals surface area contributed by atoms with Gasteiger partial charge in [-0.25, -0.2) is 26.7 Å². The Bertz CT molecular complexity index is 4120. The Kier molecular flexibility index (Phi) is 32.3. The second-order valence-corrected chi connectivity index (χ2v) is 29.1. The molecule has 92 heavy (non-hydrogen) atoms. The molecule has 1 amide bonds. The van der Waals surface area contributed by atoms with Crippen LogP contribution >= 0.6 is 39.1 Å². The maximum absolute atomic E-state index is 13.0. The normalized spacial score (nSPS) is 11.0. The van der Waals surface area contributed by atoms with E-state index >= 15 is 0 Å². The van der Waals surface area contributed by atoms with Crippen LogP contribution in [0.1, 0.15) is 44.3 Å². The minimum atomic E-state index is -3.83. The summed E-state index contributed by atoms with van der Waals surface area (Å²) in [5.41, 5.74) is 3.83. The molecule has 0 saturated carbocycles. The first-order valence-electron chi connectivity index (χ1n) is 27.4. The van der Waals surface area contributed by atoms with Gasteiger partial charge in [-0.1, -0.05) is 142 Å². The van der Waals surface area contributed by atoms with Crippen molar-refractivity contribution < 1.29 is 79.2 Å². The van der Waals surface area contributed by atoms with Crippen molar-refractivity contribution in [1.82, 2.24) is 5.48 Å². The lowest BCUT2D eigenvalue weighted by Gasteiger charge is -2.11. The molecule has 0 aromatic heterocycles. The first kappa shape index (κ1) is 75.5. The van der Waals surface area contributed by atoms with E-state index in [-0.39, 0.29) is 44.9 Å². The van der Waals surface area contributed by atoms with Crippen LogP contribution in [0, 0.1) is 5.82 Å². The number of aliphatic carboxylic acids is 2. The molecule has 4 N–H and O–H groups in total. The molecule has 0 aliphatic carbocycles. The van der Waals surface area contributed by atoms with E-state index in [0.29, 0.717) is 34.5 Å². The van der Waals surface area contributed by atoms with E-state index in [0.717, 1.165) is 44.3 Å². The van der Waals surface area contributed by atoms with Crippen LogP contribution in [0.25, 0.3) is 0 Å². The van der Waals surface area contributed by atoms with Gasteiger partial charge in [0, 0.05) is 33.4 Å². The average molecular weight is 1360 g/mol. The Morgan fingerprint density at radius 2 is 0.913 bits per heavy atom. The third kappa shape index (κ3) is 26.5. The summed E-state index contributed by atoms with van der Waals surface area (Å²) in [7, 11) is -9.64. The molecule has 9 aromatic carbocycles. The third-order valence-corrected chi connectivity index (χ3v) is 21.3. The van der Waals surface area contributed by atoms with Crippen LogP contribution in [0.15, 0.2) is 260 Å². The van der Waals surface area contributed by atoms with Crippen LogP contribution in [-0.4, -0.2) is 93.9 Å². The smallest absolute Gasteiger partial charge is 0.389 e. The highest BCUT2D eigenvalue weighted by Crippen LogP contribution is 2.39. The molecule has 2 atom stereocenters. The number of nitrogens with one attached hydrogen (secondary N) is 1. The van der Waals surface area contributed by atoms with Crippen molar-refractivity contribution in [2.24, 2.45) is 0 Å². The van der Waals surface area contributed by atoms with Gasteiger partial charge in [-0.15, -0.1) is 11.8 Å². The molecule has 0 saturated heterocycles. The lowest BCUT2D eigenvalue weighted by Crippen LogP contribution is -2.21. The summed E-state index contributed by atoms with van der Waals surface area (Å²) >= 11 is 3.14. The molecular weight excluding hydrogens is 1300 g/mol. The number of hydroxylamine groups is 1. The summed E-state index contributed by atoms with van der Waals surface area (Å²) in [5, 5.41) is 25.7. The highest BCUT2D eigenvalue weighted by molar-refractivity contribution is 7.99. The molecule has 17 nitrogen and oxygen atoms in total. The molecule has 0 spiro atoms. The first-order chi connectivity index (χ1) is 43.9. The molecule has 9 aromatic rings. The molecule has 478 valence electrons. The van der Waals surface area contributed by atoms with Crippen molar-refractivity contribution in [3.05, 3.63) is 264 Å². The minimum absolute atomic E-state index is 0.0188. The van der Waals surface area contributed by atoms with Gasteiger partial charge in [0.25, 0.3) is 0 Å². The minimum Gasteiger partial charge on any atom is -0.481 e. The van der Waals surface area contributed by atoms with E-state index < -0.39 is 58.9 Å². The number of rotatable bonds is 20. The predicted octanol–water partition coefficient (Wildman–Crippen LogP) is 15.4. The molecule has 0 bridgehead atoms. The zero-order valence-corrected chi connectivity index (χ0v) is 55.4. The summed E-state index contributed by atoms with van der Waals surface area (Å²) in [5.74, 6) is -0.218. The maximum atomic E-state index is 13.0. The zero-order valence-electron chi connectivity index (χ0n) is 50.3. The number of carboxylic acids is 2. The molecule has 0 aliphatic rings. The summed E-state index contributed by atoms with van der Waals surface area (Å²) in [6.45, 7) is 4.96. The van der Waals surface area contributed by atoms with E-state index in [1.165, 1.54) is 54.0 Å². The number of ether oxygens (including phenoxy) is 2. The van der Waals surface area contributed by atoms with E-state index in [9.17, 15) is 54.3 Å². The number of halogens is 1. The number of carbonyl (C=O) groups is 5. The number of carboxylic acid groups (broad SMARTS) is 2. The van der Waals surface area contributed by atoms with E-state index in [1.807, 2.05) is 128 Å². The van der Waals surface area contributed by atoms with Gasteiger partial charge >= 0.3 is 32.9 Å². The van der Waals surface area contributed by atoms with Crippen molar-refractivity contribution in [3.63, 3.8) is 0 Å². The fraction of sp³-hybridized carbons (Fsp3) is 0.132. The molecule has 0 heterocycles. The van der Waals surface area contributed by atoms with Crippen molar-refractivity contribution in [2.75, 3.05) is 25.8 Å². The second kappa shape index (κ2) is 39.3. The second-order valence-electron chi connectivity index (χ2n) is 19.1. The highest BCUT2D eigenvalue weighted by atomic mass is 32.2. The Morgan fingerprint density at radius 1 is 0.522 bits per heavy atom. The van der Waals surface area contributed by atoms with Crippen LogP contribution < -0.4 is 15.0 Å². The summed E-state index contributed by atoms with van der Waals surface area (Å²) < 4.78 is 93.3. The third-order valence-electron chi connectivity index (χ3n) is 12.3. The van der Waals surface area contributed by atoms with Gasteiger partial charge in [0.15, 0.2) is 22.4 Å². The number of hydrogen-bond acceptors (Lipinski definition) is 16. The largest absolute Gasteiger partial charge is 0.481 e. The van der Waals surface area contributed by atoms with E-state index in [4.69, 9.17) is 24.9 Å². The van der Waals surface area contributed by atoms with Gasteiger partial charge in [0.2, 0.25) is 15.7 Å². The van der Waals surface area contributed by atoms with Crippen LogP contribution in [0.3, 0.4) is 0 Å². The predicted molar refractivity (Wildman–Crippen MR) is 356 cm³/mol. The van der Waals surface area contributed by atoms with Crippen molar-refractivity contribution in [3.8, 4) is 23.0 Å². The lowest BCUT2D eigenvalue weighted by molar-refractivity contribution is -0.137. The molecule has 2 unspecified atom stereocenters.